The van der Waals surface area contributed by atoms with Gasteiger partial charge in [-0.05, 0) is 30.0 Å². The van der Waals surface area contributed by atoms with Gasteiger partial charge in [-0.3, -0.25) is 0 Å². The number of aromatic carboxylic acids is 1. The summed E-state index contributed by atoms with van der Waals surface area (Å²) in [5.41, 5.74) is 6.43. The lowest BCUT2D eigenvalue weighted by Gasteiger charge is -2.06. The smallest absolute Gasteiger partial charge is 0.335 e. The van der Waals surface area contributed by atoms with Gasteiger partial charge in [-0.15, -0.1) is 0 Å². The minimum Gasteiger partial charge on any atom is -0.478 e. The van der Waals surface area contributed by atoms with E-state index >= 15 is 0 Å². The van der Waals surface area contributed by atoms with Crippen LogP contribution in [-0.2, 0) is 7.05 Å². The zero-order valence-corrected chi connectivity index (χ0v) is 9.94. The maximum Gasteiger partial charge on any atom is 0.335 e. The molecule has 0 aliphatic carbocycles. The average Bonchev–Trinajstić information content (AvgIpc) is 2.67. The van der Waals surface area contributed by atoms with Gasteiger partial charge in [0.2, 0.25) is 0 Å². The molecule has 1 aromatic heterocycles. The predicted molar refractivity (Wildman–Crippen MR) is 65.1 cm³/mol. The number of benzene rings is 1. The topological polar surface area (TPSA) is 81.1 Å². The SMILES string of the molecule is Cn1ccnc1Sc1ccc(C(=O)O)cc1N. The lowest BCUT2D eigenvalue weighted by atomic mass is 10.2. The summed E-state index contributed by atoms with van der Waals surface area (Å²) in [5, 5.41) is 9.63. The van der Waals surface area contributed by atoms with Crippen LogP contribution in [0.15, 0.2) is 40.6 Å². The maximum absolute atomic E-state index is 10.8. The highest BCUT2D eigenvalue weighted by Crippen LogP contribution is 2.31. The fourth-order valence-electron chi connectivity index (χ4n) is 1.32. The number of carboxylic acids is 1. The first-order valence-corrected chi connectivity index (χ1v) is 5.67. The molecule has 5 nitrogen and oxygen atoms in total. The number of hydrogen-bond donors (Lipinski definition) is 2. The highest BCUT2D eigenvalue weighted by molar-refractivity contribution is 7.99. The summed E-state index contributed by atoms with van der Waals surface area (Å²) in [6.07, 6.45) is 3.54. The van der Waals surface area contributed by atoms with Gasteiger partial charge in [0.25, 0.3) is 0 Å². The van der Waals surface area contributed by atoms with Crippen LogP contribution in [0.4, 0.5) is 5.69 Å². The van der Waals surface area contributed by atoms with Crippen LogP contribution in [-0.4, -0.2) is 20.6 Å². The van der Waals surface area contributed by atoms with Crippen LogP contribution in [0.5, 0.6) is 0 Å². The number of aryl methyl sites for hydroxylation is 1. The number of hydrogen-bond acceptors (Lipinski definition) is 4. The average molecular weight is 249 g/mol. The summed E-state index contributed by atoms with van der Waals surface area (Å²) < 4.78 is 1.87. The van der Waals surface area contributed by atoms with E-state index in [1.165, 1.54) is 23.9 Å². The Bertz CT molecular complexity index is 566. The van der Waals surface area contributed by atoms with E-state index in [9.17, 15) is 4.79 Å². The first-order valence-electron chi connectivity index (χ1n) is 4.86. The Hall–Kier alpha value is -1.95. The Labute approximate surface area is 102 Å². The van der Waals surface area contributed by atoms with Gasteiger partial charge in [0.15, 0.2) is 5.16 Å². The Morgan fingerprint density at radius 1 is 1.53 bits per heavy atom. The van der Waals surface area contributed by atoms with E-state index in [1.54, 1.807) is 12.3 Å². The molecule has 3 N–H and O–H groups in total. The summed E-state index contributed by atoms with van der Waals surface area (Å²) >= 11 is 1.40. The first kappa shape index (κ1) is 11.5. The molecule has 0 radical (unpaired) electrons. The van der Waals surface area contributed by atoms with Crippen LogP contribution < -0.4 is 5.73 Å². The second kappa shape index (κ2) is 4.50. The molecule has 0 spiro atoms. The molecule has 88 valence electrons. The van der Waals surface area contributed by atoms with Gasteiger partial charge in [-0.1, -0.05) is 0 Å². The second-order valence-corrected chi connectivity index (χ2v) is 4.49. The van der Waals surface area contributed by atoms with E-state index < -0.39 is 5.97 Å². The molecule has 1 heterocycles. The molecule has 2 aromatic rings. The van der Waals surface area contributed by atoms with Gasteiger partial charge < -0.3 is 15.4 Å². The van der Waals surface area contributed by atoms with E-state index in [4.69, 9.17) is 10.8 Å². The Morgan fingerprint density at radius 2 is 2.29 bits per heavy atom. The van der Waals surface area contributed by atoms with Gasteiger partial charge in [-0.25, -0.2) is 9.78 Å². The number of nitrogen functional groups attached to an aromatic ring is 1. The molecular weight excluding hydrogens is 238 g/mol. The van der Waals surface area contributed by atoms with Crippen LogP contribution in [0, 0.1) is 0 Å². The van der Waals surface area contributed by atoms with E-state index in [0.717, 1.165) is 10.1 Å². The van der Waals surface area contributed by atoms with Crippen molar-refractivity contribution in [1.82, 2.24) is 9.55 Å². The summed E-state index contributed by atoms with van der Waals surface area (Å²) in [6.45, 7) is 0. The van der Waals surface area contributed by atoms with Gasteiger partial charge in [-0.2, -0.15) is 0 Å². The minimum absolute atomic E-state index is 0.187. The molecule has 0 bridgehead atoms. The van der Waals surface area contributed by atoms with Gasteiger partial charge in [0, 0.05) is 30.0 Å². The van der Waals surface area contributed by atoms with E-state index in [2.05, 4.69) is 4.98 Å². The van der Waals surface area contributed by atoms with Crippen molar-refractivity contribution in [2.75, 3.05) is 5.73 Å². The van der Waals surface area contributed by atoms with Crippen LogP contribution in [0.2, 0.25) is 0 Å². The van der Waals surface area contributed by atoms with Crippen LogP contribution in [0.25, 0.3) is 0 Å². The lowest BCUT2D eigenvalue weighted by Crippen LogP contribution is -1.99. The van der Waals surface area contributed by atoms with Crippen molar-refractivity contribution >= 4 is 23.4 Å². The molecule has 0 saturated heterocycles. The molecule has 0 aliphatic heterocycles. The zero-order chi connectivity index (χ0) is 12.4. The predicted octanol–water partition coefficient (Wildman–Crippen LogP) is 1.85. The third-order valence-electron chi connectivity index (χ3n) is 2.23. The normalized spacial score (nSPS) is 10.4. The number of imidazole rings is 1. The number of rotatable bonds is 3. The first-order chi connectivity index (χ1) is 8.08. The Kier molecular flexibility index (Phi) is 3.06. The molecule has 0 atom stereocenters. The number of carbonyl (C=O) groups is 1. The highest BCUT2D eigenvalue weighted by Gasteiger charge is 2.09. The molecule has 0 aliphatic rings. The van der Waals surface area contributed by atoms with Crippen molar-refractivity contribution < 1.29 is 9.90 Å². The summed E-state index contributed by atoms with van der Waals surface area (Å²) in [7, 11) is 1.89. The number of nitrogens with two attached hydrogens (primary N) is 1. The van der Waals surface area contributed by atoms with E-state index in [1.807, 2.05) is 17.8 Å². The molecular formula is C11H11N3O2S. The fourth-order valence-corrected chi connectivity index (χ4v) is 2.15. The quantitative estimate of drug-likeness (QED) is 0.811. The molecule has 0 amide bonds. The van der Waals surface area contributed by atoms with Gasteiger partial charge in [0.05, 0.1) is 5.56 Å². The van der Waals surface area contributed by atoms with Crippen molar-refractivity contribution in [3.63, 3.8) is 0 Å². The fraction of sp³-hybridized carbons (Fsp3) is 0.0909. The molecule has 6 heteroatoms. The Morgan fingerprint density at radius 3 is 2.82 bits per heavy atom. The largest absolute Gasteiger partial charge is 0.478 e. The summed E-state index contributed by atoms with van der Waals surface area (Å²) in [4.78, 5) is 15.7. The molecule has 2 rings (SSSR count). The molecule has 0 fully saturated rings. The van der Waals surface area contributed by atoms with Crippen LogP contribution in [0.3, 0.4) is 0 Å². The minimum atomic E-state index is -0.981. The number of anilines is 1. The molecule has 1 aromatic carbocycles. The highest BCUT2D eigenvalue weighted by atomic mass is 32.2. The standard InChI is InChI=1S/C11H11N3O2S/c1-14-5-4-13-11(14)17-9-3-2-7(10(15)16)6-8(9)12/h2-6H,12H2,1H3,(H,15,16). The monoisotopic (exact) mass is 249 g/mol. The zero-order valence-electron chi connectivity index (χ0n) is 9.12. The number of carboxylic acid groups (broad SMARTS) is 1. The Balaban J connectivity index is 2.29. The number of aromatic nitrogens is 2. The van der Waals surface area contributed by atoms with Crippen LogP contribution in [0.1, 0.15) is 10.4 Å². The van der Waals surface area contributed by atoms with Crippen molar-refractivity contribution in [1.29, 1.82) is 0 Å². The van der Waals surface area contributed by atoms with E-state index in [0.29, 0.717) is 5.69 Å². The van der Waals surface area contributed by atoms with Crippen LogP contribution >= 0.6 is 11.8 Å². The summed E-state index contributed by atoms with van der Waals surface area (Å²) in [5.74, 6) is -0.981. The molecule has 17 heavy (non-hydrogen) atoms. The number of nitrogens with zero attached hydrogens (tertiary/aromatic N) is 2. The van der Waals surface area contributed by atoms with Gasteiger partial charge >= 0.3 is 5.97 Å². The summed E-state index contributed by atoms with van der Waals surface area (Å²) in [6, 6.07) is 4.68. The van der Waals surface area contributed by atoms with Crippen molar-refractivity contribution in [3.05, 3.63) is 36.2 Å². The van der Waals surface area contributed by atoms with E-state index in [-0.39, 0.29) is 5.56 Å². The maximum atomic E-state index is 10.8. The van der Waals surface area contributed by atoms with Crippen molar-refractivity contribution in [2.45, 2.75) is 10.1 Å². The van der Waals surface area contributed by atoms with Crippen molar-refractivity contribution in [2.24, 2.45) is 7.05 Å². The lowest BCUT2D eigenvalue weighted by molar-refractivity contribution is 0.0697. The third kappa shape index (κ3) is 2.42. The molecule has 0 unspecified atom stereocenters. The van der Waals surface area contributed by atoms with Crippen molar-refractivity contribution in [3.8, 4) is 0 Å². The third-order valence-corrected chi connectivity index (χ3v) is 3.40. The second-order valence-electron chi connectivity index (χ2n) is 3.48. The molecule has 0 saturated carbocycles. The van der Waals surface area contributed by atoms with Gasteiger partial charge in [0.1, 0.15) is 0 Å².